The highest BCUT2D eigenvalue weighted by Gasteiger charge is 2.23. The summed E-state index contributed by atoms with van der Waals surface area (Å²) in [5, 5.41) is 23.2. The van der Waals surface area contributed by atoms with E-state index in [2.05, 4.69) is 15.5 Å². The molecule has 10 heteroatoms. The molecule has 158 valence electrons. The largest absolute Gasteiger partial charge is 0.394 e. The Morgan fingerprint density at radius 2 is 1.93 bits per heavy atom. The minimum absolute atomic E-state index is 0.326. The number of amides is 1. The summed E-state index contributed by atoms with van der Waals surface area (Å²) in [7, 11) is 0. The predicted molar refractivity (Wildman–Crippen MR) is 120 cm³/mol. The number of aliphatic hydroxyl groups is 1. The van der Waals surface area contributed by atoms with E-state index in [9.17, 15) is 9.90 Å². The molecule has 0 spiro atoms. The molecule has 0 saturated carbocycles. The smallest absolute Gasteiger partial charge is 0.253 e. The van der Waals surface area contributed by atoms with E-state index in [1.54, 1.807) is 36.4 Å². The number of nitrogens with one attached hydrogen (secondary N) is 1. The van der Waals surface area contributed by atoms with E-state index >= 15 is 0 Å². The Morgan fingerprint density at radius 1 is 1.17 bits per heavy atom. The third-order valence-corrected chi connectivity index (χ3v) is 6.28. The van der Waals surface area contributed by atoms with Gasteiger partial charge in [0.15, 0.2) is 11.0 Å². The van der Waals surface area contributed by atoms with Gasteiger partial charge in [-0.2, -0.15) is 0 Å². The van der Waals surface area contributed by atoms with Crippen LogP contribution in [0.3, 0.4) is 0 Å². The zero-order chi connectivity index (χ0) is 21.7. The molecule has 0 radical (unpaired) electrons. The van der Waals surface area contributed by atoms with Crippen LogP contribution in [0.15, 0.2) is 47.6 Å². The highest BCUT2D eigenvalue weighted by Crippen LogP contribution is 2.29. The maximum Gasteiger partial charge on any atom is 0.253 e. The second-order valence-corrected chi connectivity index (χ2v) is 8.49. The van der Waals surface area contributed by atoms with Crippen LogP contribution >= 0.6 is 46.6 Å². The lowest BCUT2D eigenvalue weighted by Crippen LogP contribution is -2.33. The van der Waals surface area contributed by atoms with Gasteiger partial charge in [-0.3, -0.25) is 4.79 Å². The molecule has 0 aliphatic heterocycles. The van der Waals surface area contributed by atoms with Gasteiger partial charge in [0, 0.05) is 22.3 Å². The van der Waals surface area contributed by atoms with Crippen molar-refractivity contribution >= 4 is 52.5 Å². The minimum Gasteiger partial charge on any atom is -0.394 e. The number of benzene rings is 2. The first-order chi connectivity index (χ1) is 14.4. The maximum atomic E-state index is 12.6. The van der Waals surface area contributed by atoms with Crippen molar-refractivity contribution in [3.8, 4) is 0 Å². The second kappa shape index (κ2) is 10.5. The molecule has 0 aliphatic carbocycles. The van der Waals surface area contributed by atoms with Crippen LogP contribution in [-0.4, -0.2) is 32.4 Å². The maximum absolute atomic E-state index is 12.6. The molecule has 1 amide bonds. The van der Waals surface area contributed by atoms with E-state index in [1.807, 2.05) is 17.6 Å². The molecule has 3 rings (SSSR count). The summed E-state index contributed by atoms with van der Waals surface area (Å²) in [4.78, 5) is 12.6. The summed E-state index contributed by atoms with van der Waals surface area (Å²) in [6.07, 6.45) is 0. The molecule has 0 aliphatic rings. The molecule has 3 aromatic rings. The predicted octanol–water partition coefficient (Wildman–Crippen LogP) is 5.01. The summed E-state index contributed by atoms with van der Waals surface area (Å²) >= 11 is 19.7. The summed E-state index contributed by atoms with van der Waals surface area (Å²) in [5.74, 6) is 0.641. The molecular formula is C20H19Cl3N4O2S. The molecule has 0 fully saturated rings. The zero-order valence-corrected chi connectivity index (χ0v) is 19.1. The fourth-order valence-corrected chi connectivity index (χ4v) is 4.61. The van der Waals surface area contributed by atoms with Gasteiger partial charge in [0.25, 0.3) is 5.91 Å². The van der Waals surface area contributed by atoms with Gasteiger partial charge >= 0.3 is 0 Å². The summed E-state index contributed by atoms with van der Waals surface area (Å²) < 4.78 is 1.85. The Labute approximate surface area is 193 Å². The Balaban J connectivity index is 1.77. The average Bonchev–Trinajstić information content (AvgIpc) is 3.14. The lowest BCUT2D eigenvalue weighted by Gasteiger charge is -2.17. The molecular weight excluding hydrogens is 467 g/mol. The number of halogens is 3. The van der Waals surface area contributed by atoms with Crippen molar-refractivity contribution < 1.29 is 9.90 Å². The van der Waals surface area contributed by atoms with Crippen LogP contribution in [0.2, 0.25) is 15.1 Å². The Bertz CT molecular complexity index is 1040. The van der Waals surface area contributed by atoms with Crippen molar-refractivity contribution in [2.45, 2.75) is 30.4 Å². The van der Waals surface area contributed by atoms with E-state index < -0.39 is 11.9 Å². The van der Waals surface area contributed by atoms with Crippen molar-refractivity contribution in [2.24, 2.45) is 0 Å². The Kier molecular flexibility index (Phi) is 8.02. The lowest BCUT2D eigenvalue weighted by molar-refractivity contribution is 0.0911. The molecule has 1 atom stereocenters. The van der Waals surface area contributed by atoms with Gasteiger partial charge in [-0.15, -0.1) is 10.2 Å². The van der Waals surface area contributed by atoms with Crippen LogP contribution in [-0.2, 0) is 12.3 Å². The van der Waals surface area contributed by atoms with Gasteiger partial charge in [-0.25, -0.2) is 0 Å². The fourth-order valence-electron chi connectivity index (χ4n) is 2.82. The molecule has 2 aromatic carbocycles. The number of carbonyl (C=O) groups excluding carboxylic acids is 1. The number of aromatic nitrogens is 3. The van der Waals surface area contributed by atoms with Gasteiger partial charge < -0.3 is 15.0 Å². The van der Waals surface area contributed by atoms with Gasteiger partial charge in [-0.05, 0) is 36.8 Å². The van der Waals surface area contributed by atoms with E-state index in [1.165, 1.54) is 11.8 Å². The SMILES string of the molecule is CCn1c(SCc2ccc(Cl)cc2Cl)nnc1C(CO)NC(=O)c1ccccc1Cl. The first kappa shape index (κ1) is 22.9. The van der Waals surface area contributed by atoms with Gasteiger partial charge in [-0.1, -0.05) is 64.8 Å². The van der Waals surface area contributed by atoms with Crippen molar-refractivity contribution in [1.29, 1.82) is 0 Å². The average molecular weight is 486 g/mol. The molecule has 2 N–H and O–H groups in total. The molecule has 1 unspecified atom stereocenters. The van der Waals surface area contributed by atoms with Crippen LogP contribution in [0.25, 0.3) is 0 Å². The van der Waals surface area contributed by atoms with E-state index in [0.29, 0.717) is 43.9 Å². The summed E-state index contributed by atoms with van der Waals surface area (Å²) in [5.41, 5.74) is 1.25. The van der Waals surface area contributed by atoms with Gasteiger partial charge in [0.05, 0.1) is 17.2 Å². The molecule has 0 bridgehead atoms. The molecule has 6 nitrogen and oxygen atoms in total. The number of hydrogen-bond donors (Lipinski definition) is 2. The topological polar surface area (TPSA) is 80.0 Å². The van der Waals surface area contributed by atoms with Gasteiger partial charge in [0.1, 0.15) is 6.04 Å². The first-order valence-electron chi connectivity index (χ1n) is 9.10. The van der Waals surface area contributed by atoms with Crippen molar-refractivity contribution in [3.63, 3.8) is 0 Å². The van der Waals surface area contributed by atoms with Crippen LogP contribution < -0.4 is 5.32 Å². The first-order valence-corrected chi connectivity index (χ1v) is 11.2. The monoisotopic (exact) mass is 484 g/mol. The molecule has 1 aromatic heterocycles. The standard InChI is InChI=1S/C20H19Cl3N4O2S/c1-2-27-18(17(10-28)24-19(29)14-5-3-4-6-15(14)22)25-26-20(27)30-11-12-7-8-13(21)9-16(12)23/h3-9,17,28H,2,10-11H2,1H3,(H,24,29). The Hall–Kier alpha value is -1.77. The highest BCUT2D eigenvalue weighted by molar-refractivity contribution is 7.98. The number of hydrogen-bond acceptors (Lipinski definition) is 5. The van der Waals surface area contributed by atoms with Gasteiger partial charge in [0.2, 0.25) is 0 Å². The summed E-state index contributed by atoms with van der Waals surface area (Å²) in [6, 6.07) is 11.3. The van der Waals surface area contributed by atoms with Crippen LogP contribution in [0.4, 0.5) is 0 Å². The summed E-state index contributed by atoms with van der Waals surface area (Å²) in [6.45, 7) is 2.18. The van der Waals surface area contributed by atoms with E-state index in [0.717, 1.165) is 5.56 Å². The highest BCUT2D eigenvalue weighted by atomic mass is 35.5. The number of nitrogens with zero attached hydrogens (tertiary/aromatic N) is 3. The fraction of sp³-hybridized carbons (Fsp3) is 0.250. The lowest BCUT2D eigenvalue weighted by atomic mass is 10.2. The van der Waals surface area contributed by atoms with Crippen molar-refractivity contribution in [1.82, 2.24) is 20.1 Å². The molecule has 0 saturated heterocycles. The quantitative estimate of drug-likeness (QED) is 0.438. The van der Waals surface area contributed by atoms with Crippen LogP contribution in [0, 0.1) is 0 Å². The Morgan fingerprint density at radius 3 is 2.60 bits per heavy atom. The van der Waals surface area contributed by atoms with E-state index in [-0.39, 0.29) is 6.61 Å². The van der Waals surface area contributed by atoms with E-state index in [4.69, 9.17) is 34.8 Å². The number of aliphatic hydroxyl groups excluding tert-OH is 1. The number of rotatable bonds is 8. The molecule has 1 heterocycles. The van der Waals surface area contributed by atoms with Crippen molar-refractivity contribution in [3.05, 3.63) is 74.5 Å². The number of carbonyl (C=O) groups is 1. The molecule has 30 heavy (non-hydrogen) atoms. The number of thioether (sulfide) groups is 1. The second-order valence-electron chi connectivity index (χ2n) is 6.30. The van der Waals surface area contributed by atoms with Crippen LogP contribution in [0.1, 0.15) is 34.7 Å². The third-order valence-electron chi connectivity index (χ3n) is 4.35. The minimum atomic E-state index is -0.727. The van der Waals surface area contributed by atoms with Crippen molar-refractivity contribution in [2.75, 3.05) is 6.61 Å². The normalized spacial score (nSPS) is 12.0. The third kappa shape index (κ3) is 5.28. The zero-order valence-electron chi connectivity index (χ0n) is 16.0. The van der Waals surface area contributed by atoms with Crippen LogP contribution in [0.5, 0.6) is 0 Å².